The van der Waals surface area contributed by atoms with Crippen LogP contribution < -0.4 is 14.8 Å². The highest BCUT2D eigenvalue weighted by Crippen LogP contribution is 2.28. The molecule has 0 aliphatic heterocycles. The number of anilines is 1. The van der Waals surface area contributed by atoms with Gasteiger partial charge in [-0.25, -0.2) is 4.52 Å². The second-order valence-corrected chi connectivity index (χ2v) is 9.59. The zero-order valence-electron chi connectivity index (χ0n) is 19.3. The molecule has 0 fully saturated rings. The number of ether oxygens (including phenoxy) is 2. The number of benzene rings is 2. The van der Waals surface area contributed by atoms with Gasteiger partial charge in [0.15, 0.2) is 0 Å². The number of carbonyl (C=O) groups excluding carboxylic acids is 1. The van der Waals surface area contributed by atoms with E-state index in [-0.39, 0.29) is 11.3 Å². The van der Waals surface area contributed by atoms with Gasteiger partial charge in [0.2, 0.25) is 16.8 Å². The van der Waals surface area contributed by atoms with Crippen molar-refractivity contribution in [2.75, 3.05) is 19.0 Å². The quantitative estimate of drug-likeness (QED) is 0.345. The minimum atomic E-state index is -0.136. The average molecular weight is 465 g/mol. The van der Waals surface area contributed by atoms with Crippen molar-refractivity contribution in [2.24, 2.45) is 0 Å². The van der Waals surface area contributed by atoms with Crippen LogP contribution in [0.25, 0.3) is 16.2 Å². The highest BCUT2D eigenvalue weighted by molar-refractivity contribution is 7.15. The number of thiazole rings is 1. The predicted molar refractivity (Wildman–Crippen MR) is 131 cm³/mol. The second kappa shape index (κ2) is 9.62. The molecule has 0 spiro atoms. The van der Waals surface area contributed by atoms with E-state index in [2.05, 4.69) is 48.3 Å². The van der Waals surface area contributed by atoms with Gasteiger partial charge in [0.1, 0.15) is 11.5 Å². The van der Waals surface area contributed by atoms with Gasteiger partial charge in [-0.15, -0.1) is 16.4 Å². The van der Waals surface area contributed by atoms with Crippen LogP contribution in [0.2, 0.25) is 0 Å². The maximum Gasteiger partial charge on any atom is 0.250 e. The van der Waals surface area contributed by atoms with Crippen LogP contribution in [0.3, 0.4) is 0 Å². The van der Waals surface area contributed by atoms with Crippen molar-refractivity contribution < 1.29 is 14.3 Å². The summed E-state index contributed by atoms with van der Waals surface area (Å²) in [6, 6.07) is 15.9. The van der Waals surface area contributed by atoms with E-state index in [4.69, 9.17) is 9.47 Å². The van der Waals surface area contributed by atoms with Crippen LogP contribution in [0.15, 0.2) is 53.9 Å². The monoisotopic (exact) mass is 464 g/mol. The van der Waals surface area contributed by atoms with Crippen molar-refractivity contribution in [3.63, 3.8) is 0 Å². The average Bonchev–Trinajstić information content (AvgIpc) is 3.36. The molecule has 0 saturated heterocycles. The number of fused-ring (bicyclic) bond motifs is 1. The summed E-state index contributed by atoms with van der Waals surface area (Å²) in [6.45, 7) is 7.01. The Morgan fingerprint density at radius 1 is 1.12 bits per heavy atom. The predicted octanol–water partition coefficient (Wildman–Crippen LogP) is 5.56. The summed E-state index contributed by atoms with van der Waals surface area (Å²) in [5.41, 5.74) is 3.24. The summed E-state index contributed by atoms with van der Waals surface area (Å²) < 4.78 is 12.8. The van der Waals surface area contributed by atoms with Gasteiger partial charge in [-0.05, 0) is 41.7 Å². The van der Waals surface area contributed by atoms with E-state index in [1.807, 2.05) is 41.8 Å². The van der Waals surface area contributed by atoms with Gasteiger partial charge < -0.3 is 9.47 Å². The summed E-state index contributed by atoms with van der Waals surface area (Å²) in [7, 11) is 1.64. The second-order valence-electron chi connectivity index (χ2n) is 8.76. The Balaban J connectivity index is 1.30. The Bertz CT molecular complexity index is 1240. The summed E-state index contributed by atoms with van der Waals surface area (Å²) in [4.78, 5) is 17.5. The van der Waals surface area contributed by atoms with Gasteiger partial charge in [-0.3, -0.25) is 10.1 Å². The van der Waals surface area contributed by atoms with Crippen molar-refractivity contribution >= 4 is 28.2 Å². The number of rotatable bonds is 8. The molecule has 0 radical (unpaired) electrons. The Morgan fingerprint density at radius 2 is 1.91 bits per heavy atom. The lowest BCUT2D eigenvalue weighted by Crippen LogP contribution is -2.14. The molecule has 0 aliphatic rings. The largest absolute Gasteiger partial charge is 0.497 e. The molecule has 0 saturated carbocycles. The number of aromatic nitrogens is 3. The molecule has 1 N–H and O–H groups in total. The molecule has 0 unspecified atom stereocenters. The third kappa shape index (κ3) is 5.51. The fourth-order valence-corrected chi connectivity index (χ4v) is 4.21. The lowest BCUT2D eigenvalue weighted by molar-refractivity contribution is -0.116. The molecule has 172 valence electrons. The van der Waals surface area contributed by atoms with Crippen LogP contribution in [-0.4, -0.2) is 34.2 Å². The smallest absolute Gasteiger partial charge is 0.250 e. The van der Waals surface area contributed by atoms with E-state index in [1.54, 1.807) is 11.6 Å². The van der Waals surface area contributed by atoms with Gasteiger partial charge in [0, 0.05) is 17.4 Å². The molecular weight excluding hydrogens is 436 g/mol. The van der Waals surface area contributed by atoms with E-state index in [0.29, 0.717) is 30.4 Å². The number of hydrogen-bond donors (Lipinski definition) is 1. The van der Waals surface area contributed by atoms with E-state index in [1.165, 1.54) is 16.9 Å². The molecule has 2 aromatic heterocycles. The zero-order chi connectivity index (χ0) is 23.4. The molecule has 33 heavy (non-hydrogen) atoms. The SMILES string of the molecule is COc1cccc(-c2csc3nc(NC(=O)CCCOc4ccc(C(C)(C)C)cc4)nn23)c1. The van der Waals surface area contributed by atoms with Crippen LogP contribution in [0.1, 0.15) is 39.2 Å². The molecule has 0 aliphatic carbocycles. The number of nitrogens with one attached hydrogen (secondary N) is 1. The first kappa shape index (κ1) is 22.8. The first-order chi connectivity index (χ1) is 15.8. The molecule has 2 aromatic carbocycles. The van der Waals surface area contributed by atoms with Crippen molar-refractivity contribution in [3.05, 3.63) is 59.5 Å². The van der Waals surface area contributed by atoms with Crippen molar-refractivity contribution in [2.45, 2.75) is 39.0 Å². The normalized spacial score (nSPS) is 11.5. The standard InChI is InChI=1S/C25H28N4O3S/c1-25(2,3)18-10-12-19(13-11-18)32-14-6-9-22(30)26-23-27-24-29(28-23)21(16-33-24)17-7-5-8-20(15-17)31-4/h5,7-8,10-13,15-16H,6,9,14H2,1-4H3,(H,26,28,30). The Labute approximate surface area is 197 Å². The molecule has 4 rings (SSSR count). The molecular formula is C25H28N4O3S. The van der Waals surface area contributed by atoms with Crippen LogP contribution in [0.5, 0.6) is 11.5 Å². The van der Waals surface area contributed by atoms with Crippen LogP contribution in [0, 0.1) is 0 Å². The van der Waals surface area contributed by atoms with E-state index < -0.39 is 0 Å². The first-order valence-corrected chi connectivity index (χ1v) is 11.7. The lowest BCUT2D eigenvalue weighted by Gasteiger charge is -2.19. The van der Waals surface area contributed by atoms with E-state index in [9.17, 15) is 4.79 Å². The minimum Gasteiger partial charge on any atom is -0.497 e. The maximum absolute atomic E-state index is 12.3. The Hall–Kier alpha value is -3.39. The maximum atomic E-state index is 12.3. The molecule has 0 atom stereocenters. The highest BCUT2D eigenvalue weighted by Gasteiger charge is 2.15. The van der Waals surface area contributed by atoms with Gasteiger partial charge in [0.05, 0.1) is 19.4 Å². The Kier molecular flexibility index (Phi) is 6.65. The van der Waals surface area contributed by atoms with Crippen molar-refractivity contribution in [1.29, 1.82) is 0 Å². The topological polar surface area (TPSA) is 77.8 Å². The Morgan fingerprint density at radius 3 is 2.64 bits per heavy atom. The third-order valence-electron chi connectivity index (χ3n) is 5.24. The van der Waals surface area contributed by atoms with Crippen LogP contribution >= 0.6 is 11.3 Å². The highest BCUT2D eigenvalue weighted by atomic mass is 32.1. The summed E-state index contributed by atoms with van der Waals surface area (Å²) >= 11 is 1.47. The van der Waals surface area contributed by atoms with Gasteiger partial charge >= 0.3 is 0 Å². The van der Waals surface area contributed by atoms with Crippen molar-refractivity contribution in [1.82, 2.24) is 14.6 Å². The van der Waals surface area contributed by atoms with E-state index in [0.717, 1.165) is 22.8 Å². The molecule has 4 aromatic rings. The zero-order valence-corrected chi connectivity index (χ0v) is 20.1. The first-order valence-electron chi connectivity index (χ1n) is 10.9. The van der Waals surface area contributed by atoms with Gasteiger partial charge in [-0.2, -0.15) is 4.98 Å². The fourth-order valence-electron chi connectivity index (χ4n) is 3.38. The minimum absolute atomic E-state index is 0.112. The summed E-state index contributed by atoms with van der Waals surface area (Å²) in [5.74, 6) is 1.75. The van der Waals surface area contributed by atoms with Crippen molar-refractivity contribution in [3.8, 4) is 22.8 Å². The third-order valence-corrected chi connectivity index (χ3v) is 6.05. The van der Waals surface area contributed by atoms with Gasteiger partial charge in [-0.1, -0.05) is 45.0 Å². The lowest BCUT2D eigenvalue weighted by atomic mass is 9.87. The summed E-state index contributed by atoms with van der Waals surface area (Å²) in [6.07, 6.45) is 0.930. The number of nitrogens with zero attached hydrogens (tertiary/aromatic N) is 3. The molecule has 2 heterocycles. The van der Waals surface area contributed by atoms with E-state index >= 15 is 0 Å². The number of methoxy groups -OCH3 is 1. The molecule has 0 bridgehead atoms. The fraction of sp³-hybridized carbons (Fsp3) is 0.320. The molecule has 7 nitrogen and oxygen atoms in total. The molecule has 1 amide bonds. The molecule has 8 heteroatoms. The summed E-state index contributed by atoms with van der Waals surface area (Å²) in [5, 5.41) is 9.23. The number of carbonyl (C=O) groups is 1. The van der Waals surface area contributed by atoms with Crippen LogP contribution in [0.4, 0.5) is 5.95 Å². The number of hydrogen-bond acceptors (Lipinski definition) is 6. The van der Waals surface area contributed by atoms with Crippen LogP contribution in [-0.2, 0) is 10.2 Å². The van der Waals surface area contributed by atoms with Gasteiger partial charge in [0.25, 0.3) is 0 Å². The number of amides is 1.